The molecule has 2 aromatic carbocycles. The smallest absolute Gasteiger partial charge is 0.358 e. The number of amides is 1. The van der Waals surface area contributed by atoms with Crippen LogP contribution < -0.4 is 5.32 Å². The number of aromatic nitrogens is 1. The van der Waals surface area contributed by atoms with E-state index in [2.05, 4.69) is 10.3 Å². The molecule has 0 spiro atoms. The molecule has 26 heavy (non-hydrogen) atoms. The second-order valence-electron chi connectivity index (χ2n) is 5.15. The minimum atomic E-state index is -0.738. The maximum absolute atomic E-state index is 13.5. The Labute approximate surface area is 157 Å². The highest BCUT2D eigenvalue weighted by molar-refractivity contribution is 7.13. The van der Waals surface area contributed by atoms with Gasteiger partial charge in [0.2, 0.25) is 0 Å². The highest BCUT2D eigenvalue weighted by atomic mass is 35.5. The fourth-order valence-corrected chi connectivity index (χ4v) is 3.05. The number of nitrogens with one attached hydrogen (secondary N) is 1. The van der Waals surface area contributed by atoms with Crippen molar-refractivity contribution < 1.29 is 18.7 Å². The van der Waals surface area contributed by atoms with Gasteiger partial charge in [0.1, 0.15) is 10.8 Å². The molecule has 0 fully saturated rings. The number of hydrogen-bond donors (Lipinski definition) is 1. The fraction of sp³-hybridized carbons (Fsp3) is 0.0556. The van der Waals surface area contributed by atoms with Crippen LogP contribution in [-0.4, -0.2) is 23.5 Å². The lowest BCUT2D eigenvalue weighted by Gasteiger charge is -2.06. The number of hydrogen-bond acceptors (Lipinski definition) is 5. The first-order valence-corrected chi connectivity index (χ1v) is 8.71. The highest BCUT2D eigenvalue weighted by Crippen LogP contribution is 2.26. The van der Waals surface area contributed by atoms with Gasteiger partial charge in [0, 0.05) is 16.0 Å². The van der Waals surface area contributed by atoms with Gasteiger partial charge in [-0.2, -0.15) is 0 Å². The first-order valence-electron chi connectivity index (χ1n) is 7.46. The first kappa shape index (κ1) is 18.0. The van der Waals surface area contributed by atoms with E-state index in [0.717, 1.165) is 5.56 Å². The zero-order valence-electron chi connectivity index (χ0n) is 13.2. The Balaban J connectivity index is 1.59. The molecule has 3 aromatic rings. The van der Waals surface area contributed by atoms with Gasteiger partial charge >= 0.3 is 5.97 Å². The van der Waals surface area contributed by atoms with Crippen LogP contribution in [-0.2, 0) is 9.53 Å². The van der Waals surface area contributed by atoms with Gasteiger partial charge in [-0.1, -0.05) is 35.9 Å². The average molecular weight is 391 g/mol. The molecule has 0 radical (unpaired) electrons. The quantitative estimate of drug-likeness (QED) is 0.656. The lowest BCUT2D eigenvalue weighted by molar-refractivity contribution is -0.119. The summed E-state index contributed by atoms with van der Waals surface area (Å²) in [4.78, 5) is 28.0. The Morgan fingerprint density at radius 1 is 1.19 bits per heavy atom. The van der Waals surface area contributed by atoms with Crippen LogP contribution in [0.4, 0.5) is 10.1 Å². The second kappa shape index (κ2) is 8.07. The van der Waals surface area contributed by atoms with Crippen molar-refractivity contribution in [1.82, 2.24) is 4.98 Å². The van der Waals surface area contributed by atoms with Crippen LogP contribution in [0.15, 0.2) is 53.9 Å². The van der Waals surface area contributed by atoms with Gasteiger partial charge in [0.15, 0.2) is 12.3 Å². The molecule has 0 saturated heterocycles. The van der Waals surface area contributed by atoms with Crippen LogP contribution in [0.25, 0.3) is 10.6 Å². The molecule has 3 rings (SSSR count). The summed E-state index contributed by atoms with van der Waals surface area (Å²) in [6.07, 6.45) is 0. The van der Waals surface area contributed by atoms with E-state index in [1.807, 2.05) is 6.07 Å². The number of carbonyl (C=O) groups is 2. The zero-order valence-corrected chi connectivity index (χ0v) is 14.8. The Morgan fingerprint density at radius 2 is 2.00 bits per heavy atom. The van der Waals surface area contributed by atoms with Gasteiger partial charge < -0.3 is 10.1 Å². The lowest BCUT2D eigenvalue weighted by Crippen LogP contribution is -2.21. The van der Waals surface area contributed by atoms with Crippen molar-refractivity contribution in [1.29, 1.82) is 0 Å². The van der Waals surface area contributed by atoms with Crippen LogP contribution in [0, 0.1) is 5.82 Å². The maximum Gasteiger partial charge on any atom is 0.358 e. The maximum atomic E-state index is 13.5. The molecule has 1 aromatic heterocycles. The zero-order chi connectivity index (χ0) is 18.5. The third kappa shape index (κ3) is 4.44. The topological polar surface area (TPSA) is 68.3 Å². The Kier molecular flexibility index (Phi) is 5.60. The summed E-state index contributed by atoms with van der Waals surface area (Å²) in [5.74, 6) is -1.95. The number of anilines is 1. The second-order valence-corrected chi connectivity index (χ2v) is 6.45. The molecule has 0 aliphatic heterocycles. The molecule has 0 unspecified atom stereocenters. The Hall–Kier alpha value is -2.77. The largest absolute Gasteiger partial charge is 0.451 e. The molecule has 8 heteroatoms. The van der Waals surface area contributed by atoms with Gasteiger partial charge in [-0.05, 0) is 24.3 Å². The number of esters is 1. The van der Waals surface area contributed by atoms with E-state index in [1.165, 1.54) is 34.9 Å². The third-order valence-corrected chi connectivity index (χ3v) is 4.39. The summed E-state index contributed by atoms with van der Waals surface area (Å²) in [7, 11) is 0. The van der Waals surface area contributed by atoms with E-state index in [-0.39, 0.29) is 11.4 Å². The van der Waals surface area contributed by atoms with Gasteiger partial charge in [0.25, 0.3) is 5.91 Å². The average Bonchev–Trinajstić information content (AvgIpc) is 3.12. The van der Waals surface area contributed by atoms with E-state index in [1.54, 1.807) is 24.3 Å². The van der Waals surface area contributed by atoms with Crippen molar-refractivity contribution in [2.75, 3.05) is 11.9 Å². The van der Waals surface area contributed by atoms with E-state index < -0.39 is 24.3 Å². The standard InChI is InChI=1S/C18H12ClFN2O3S/c19-12-5-3-4-11(8-12)17-22-15(10-26-17)18(24)25-9-16(23)21-14-7-2-1-6-13(14)20/h1-8,10H,9H2,(H,21,23). The fourth-order valence-electron chi connectivity index (χ4n) is 2.08. The summed E-state index contributed by atoms with van der Waals surface area (Å²) < 4.78 is 18.4. The van der Waals surface area contributed by atoms with Crippen molar-refractivity contribution in [2.45, 2.75) is 0 Å². The minimum absolute atomic E-state index is 0.0189. The number of rotatable bonds is 5. The molecule has 5 nitrogen and oxygen atoms in total. The number of benzene rings is 2. The van der Waals surface area contributed by atoms with Crippen LogP contribution in [0.1, 0.15) is 10.5 Å². The van der Waals surface area contributed by atoms with Crippen LogP contribution in [0.2, 0.25) is 5.02 Å². The van der Waals surface area contributed by atoms with Gasteiger partial charge in [-0.25, -0.2) is 14.2 Å². The van der Waals surface area contributed by atoms with Crippen molar-refractivity contribution >= 4 is 40.5 Å². The van der Waals surface area contributed by atoms with Crippen molar-refractivity contribution in [3.63, 3.8) is 0 Å². The molecule has 0 atom stereocenters. The first-order chi connectivity index (χ1) is 12.5. The number of thiazole rings is 1. The molecule has 0 bridgehead atoms. The minimum Gasteiger partial charge on any atom is -0.451 e. The number of halogens is 2. The summed E-state index contributed by atoms with van der Waals surface area (Å²) in [6.45, 7) is -0.544. The van der Waals surface area contributed by atoms with Gasteiger partial charge in [0.05, 0.1) is 5.69 Å². The Morgan fingerprint density at radius 3 is 2.77 bits per heavy atom. The molecule has 0 saturated carbocycles. The molecule has 1 amide bonds. The van der Waals surface area contributed by atoms with E-state index in [4.69, 9.17) is 16.3 Å². The summed E-state index contributed by atoms with van der Waals surface area (Å²) >= 11 is 7.20. The number of carbonyl (C=O) groups excluding carboxylic acids is 2. The van der Waals surface area contributed by atoms with Crippen LogP contribution in [0.5, 0.6) is 0 Å². The Bertz CT molecular complexity index is 961. The van der Waals surface area contributed by atoms with Crippen LogP contribution in [0.3, 0.4) is 0 Å². The lowest BCUT2D eigenvalue weighted by atomic mass is 10.2. The van der Waals surface area contributed by atoms with Gasteiger partial charge in [-0.3, -0.25) is 4.79 Å². The van der Waals surface area contributed by atoms with E-state index in [0.29, 0.717) is 10.0 Å². The third-order valence-electron chi connectivity index (χ3n) is 3.27. The number of ether oxygens (including phenoxy) is 1. The highest BCUT2D eigenvalue weighted by Gasteiger charge is 2.15. The molecule has 1 N–H and O–H groups in total. The van der Waals surface area contributed by atoms with E-state index >= 15 is 0 Å². The molecular weight excluding hydrogens is 379 g/mol. The molecule has 0 aliphatic carbocycles. The molecule has 132 valence electrons. The monoisotopic (exact) mass is 390 g/mol. The van der Waals surface area contributed by atoms with Crippen molar-refractivity contribution in [3.8, 4) is 10.6 Å². The predicted molar refractivity (Wildman–Crippen MR) is 97.9 cm³/mol. The number of nitrogens with zero attached hydrogens (tertiary/aromatic N) is 1. The van der Waals surface area contributed by atoms with Crippen LogP contribution >= 0.6 is 22.9 Å². The van der Waals surface area contributed by atoms with Crippen molar-refractivity contribution in [2.24, 2.45) is 0 Å². The summed E-state index contributed by atoms with van der Waals surface area (Å²) in [6, 6.07) is 12.8. The predicted octanol–water partition coefficient (Wildman–Crippen LogP) is 4.40. The molecule has 0 aliphatic rings. The van der Waals surface area contributed by atoms with Crippen molar-refractivity contribution in [3.05, 3.63) is 70.4 Å². The number of para-hydroxylation sites is 1. The van der Waals surface area contributed by atoms with E-state index in [9.17, 15) is 14.0 Å². The summed E-state index contributed by atoms with van der Waals surface area (Å²) in [5.41, 5.74) is 0.882. The molecule has 1 heterocycles. The van der Waals surface area contributed by atoms with Gasteiger partial charge in [-0.15, -0.1) is 11.3 Å². The molecular formula is C18H12ClFN2O3S. The SMILES string of the molecule is O=C(COC(=O)c1csc(-c2cccc(Cl)c2)n1)Nc1ccccc1F. The summed E-state index contributed by atoms with van der Waals surface area (Å²) in [5, 5.41) is 5.03. The normalized spacial score (nSPS) is 10.4.